The highest BCUT2D eigenvalue weighted by molar-refractivity contribution is 6.08. The number of fused-ring (bicyclic) bond motifs is 3. The lowest BCUT2D eigenvalue weighted by Gasteiger charge is -2.38. The number of carbonyl (C=O) groups is 1. The SMILES string of the molecule is CCn1c2ccccc2c2cc([C@@H]3NC(=O)OCC3(C)C)ccc21.Cl. The Morgan fingerprint density at radius 1 is 1.16 bits per heavy atom. The van der Waals surface area contributed by atoms with E-state index < -0.39 is 0 Å². The first-order valence-electron chi connectivity index (χ1n) is 8.45. The Labute approximate surface area is 153 Å². The fraction of sp³-hybridized carbons (Fsp3) is 0.350. The Balaban J connectivity index is 0.00000182. The van der Waals surface area contributed by atoms with Crippen LogP contribution in [0.3, 0.4) is 0 Å². The summed E-state index contributed by atoms with van der Waals surface area (Å²) in [7, 11) is 0. The first-order chi connectivity index (χ1) is 11.5. The van der Waals surface area contributed by atoms with E-state index in [4.69, 9.17) is 4.74 Å². The van der Waals surface area contributed by atoms with Gasteiger partial charge in [0.25, 0.3) is 0 Å². The van der Waals surface area contributed by atoms with Gasteiger partial charge < -0.3 is 14.6 Å². The van der Waals surface area contributed by atoms with Crippen molar-refractivity contribution in [3.05, 3.63) is 48.0 Å². The van der Waals surface area contributed by atoms with Crippen LogP contribution in [0.2, 0.25) is 0 Å². The number of hydrogen-bond acceptors (Lipinski definition) is 2. The average Bonchev–Trinajstić information content (AvgIpc) is 2.90. The molecule has 132 valence electrons. The molecule has 1 atom stereocenters. The standard InChI is InChI=1S/C20H22N2O2.ClH/c1-4-22-16-8-6-5-7-14(16)15-11-13(9-10-17(15)22)18-20(2,3)12-24-19(23)21-18;/h5-11,18H,4,12H2,1-3H3,(H,21,23);1H/t18-;/m0./s1. The number of benzene rings is 2. The Bertz CT molecular complexity index is 945. The monoisotopic (exact) mass is 358 g/mol. The molecule has 0 bridgehead atoms. The molecule has 0 saturated carbocycles. The number of alkyl carbamates (subject to hydrolysis) is 1. The number of aromatic nitrogens is 1. The van der Waals surface area contributed by atoms with Gasteiger partial charge in [-0.25, -0.2) is 4.79 Å². The number of aryl methyl sites for hydroxylation is 1. The third-order valence-electron chi connectivity index (χ3n) is 5.06. The minimum Gasteiger partial charge on any atom is -0.449 e. The number of hydrogen-bond donors (Lipinski definition) is 1. The molecule has 25 heavy (non-hydrogen) atoms. The van der Waals surface area contributed by atoms with Crippen molar-refractivity contribution < 1.29 is 9.53 Å². The van der Waals surface area contributed by atoms with Crippen LogP contribution in [0.15, 0.2) is 42.5 Å². The van der Waals surface area contributed by atoms with Gasteiger partial charge in [-0.15, -0.1) is 12.4 Å². The molecular weight excluding hydrogens is 336 g/mol. The van der Waals surface area contributed by atoms with Gasteiger partial charge in [0.15, 0.2) is 0 Å². The highest BCUT2D eigenvalue weighted by Gasteiger charge is 2.38. The van der Waals surface area contributed by atoms with Crippen LogP contribution >= 0.6 is 12.4 Å². The predicted molar refractivity (Wildman–Crippen MR) is 103 cm³/mol. The number of halogens is 1. The maximum atomic E-state index is 11.7. The predicted octanol–water partition coefficient (Wildman–Crippen LogP) is 5.04. The molecule has 1 N–H and O–H groups in total. The molecular formula is C20H23ClN2O2. The lowest BCUT2D eigenvalue weighted by molar-refractivity contribution is 0.0388. The Kier molecular flexibility index (Phi) is 4.41. The largest absolute Gasteiger partial charge is 0.449 e. The Morgan fingerprint density at radius 2 is 1.88 bits per heavy atom. The van der Waals surface area contributed by atoms with Gasteiger partial charge in [-0.2, -0.15) is 0 Å². The number of carbonyl (C=O) groups excluding carboxylic acids is 1. The minimum absolute atomic E-state index is 0. The molecule has 1 saturated heterocycles. The molecule has 0 radical (unpaired) electrons. The topological polar surface area (TPSA) is 43.3 Å². The third kappa shape index (κ3) is 2.74. The fourth-order valence-electron chi connectivity index (χ4n) is 3.82. The van der Waals surface area contributed by atoms with Crippen LogP contribution in [0, 0.1) is 5.41 Å². The van der Waals surface area contributed by atoms with Gasteiger partial charge in [0.2, 0.25) is 0 Å². The molecule has 0 aliphatic carbocycles. The van der Waals surface area contributed by atoms with E-state index in [1.807, 2.05) is 0 Å². The second-order valence-corrected chi connectivity index (χ2v) is 7.18. The lowest BCUT2D eigenvalue weighted by atomic mass is 9.80. The first kappa shape index (κ1) is 17.6. The second-order valence-electron chi connectivity index (χ2n) is 7.18. The number of amides is 1. The van der Waals surface area contributed by atoms with Crippen LogP contribution in [0.25, 0.3) is 21.8 Å². The van der Waals surface area contributed by atoms with E-state index in [0.29, 0.717) is 6.61 Å². The molecule has 4 nitrogen and oxygen atoms in total. The number of cyclic esters (lactones) is 1. The molecule has 1 aromatic heterocycles. The van der Waals surface area contributed by atoms with E-state index >= 15 is 0 Å². The van der Waals surface area contributed by atoms with Gasteiger partial charge in [0.1, 0.15) is 6.61 Å². The van der Waals surface area contributed by atoms with Crippen LogP contribution < -0.4 is 5.32 Å². The Hall–Kier alpha value is -2.20. The van der Waals surface area contributed by atoms with Crippen molar-refractivity contribution in [2.75, 3.05) is 6.61 Å². The quantitative estimate of drug-likeness (QED) is 0.697. The van der Waals surface area contributed by atoms with Gasteiger partial charge in [-0.1, -0.05) is 38.1 Å². The van der Waals surface area contributed by atoms with Crippen molar-refractivity contribution in [3.63, 3.8) is 0 Å². The van der Waals surface area contributed by atoms with Gasteiger partial charge >= 0.3 is 6.09 Å². The smallest absolute Gasteiger partial charge is 0.407 e. The molecule has 0 unspecified atom stereocenters. The zero-order valence-corrected chi connectivity index (χ0v) is 15.5. The second kappa shape index (κ2) is 6.26. The molecule has 0 spiro atoms. The summed E-state index contributed by atoms with van der Waals surface area (Å²) in [5.41, 5.74) is 3.47. The van der Waals surface area contributed by atoms with Crippen LogP contribution in [0.4, 0.5) is 4.79 Å². The number of nitrogens with one attached hydrogen (secondary N) is 1. The van der Waals surface area contributed by atoms with Crippen molar-refractivity contribution in [2.45, 2.75) is 33.4 Å². The zero-order chi connectivity index (χ0) is 16.9. The van der Waals surface area contributed by atoms with Gasteiger partial charge in [0.05, 0.1) is 6.04 Å². The lowest BCUT2D eigenvalue weighted by Crippen LogP contribution is -2.46. The van der Waals surface area contributed by atoms with E-state index in [9.17, 15) is 4.79 Å². The maximum absolute atomic E-state index is 11.7. The van der Waals surface area contributed by atoms with Crippen molar-refractivity contribution in [1.29, 1.82) is 0 Å². The van der Waals surface area contributed by atoms with E-state index in [0.717, 1.165) is 12.1 Å². The van der Waals surface area contributed by atoms with Crippen molar-refractivity contribution in [3.8, 4) is 0 Å². The normalized spacial score (nSPS) is 19.3. The summed E-state index contributed by atoms with van der Waals surface area (Å²) >= 11 is 0. The summed E-state index contributed by atoms with van der Waals surface area (Å²) in [4.78, 5) is 11.7. The molecule has 4 rings (SSSR count). The highest BCUT2D eigenvalue weighted by atomic mass is 35.5. The molecule has 1 fully saturated rings. The van der Waals surface area contributed by atoms with Crippen molar-refractivity contribution in [2.24, 2.45) is 5.41 Å². The summed E-state index contributed by atoms with van der Waals surface area (Å²) in [5.74, 6) is 0. The summed E-state index contributed by atoms with van der Waals surface area (Å²) in [6.45, 7) is 7.77. The summed E-state index contributed by atoms with van der Waals surface area (Å²) < 4.78 is 7.51. The molecule has 5 heteroatoms. The van der Waals surface area contributed by atoms with Crippen molar-refractivity contribution >= 4 is 40.3 Å². The van der Waals surface area contributed by atoms with E-state index in [1.165, 1.54) is 21.8 Å². The minimum atomic E-state index is -0.338. The summed E-state index contributed by atoms with van der Waals surface area (Å²) in [6, 6.07) is 15.0. The fourth-order valence-corrected chi connectivity index (χ4v) is 3.82. The number of rotatable bonds is 2. The molecule has 1 aliphatic rings. The Morgan fingerprint density at radius 3 is 2.64 bits per heavy atom. The number of nitrogens with zero attached hydrogens (tertiary/aromatic N) is 1. The number of para-hydroxylation sites is 1. The molecule has 3 aromatic rings. The average molecular weight is 359 g/mol. The maximum Gasteiger partial charge on any atom is 0.407 e. The van der Waals surface area contributed by atoms with Crippen molar-refractivity contribution in [1.82, 2.24) is 9.88 Å². The van der Waals surface area contributed by atoms with Crippen LogP contribution in [0.1, 0.15) is 32.4 Å². The van der Waals surface area contributed by atoms with Crippen LogP contribution in [-0.2, 0) is 11.3 Å². The molecule has 1 aliphatic heterocycles. The summed E-state index contributed by atoms with van der Waals surface area (Å²) in [6.07, 6.45) is -0.338. The molecule has 1 amide bonds. The summed E-state index contributed by atoms with van der Waals surface area (Å²) in [5, 5.41) is 5.48. The van der Waals surface area contributed by atoms with Gasteiger partial charge in [0, 0.05) is 33.8 Å². The van der Waals surface area contributed by atoms with Gasteiger partial charge in [-0.3, -0.25) is 0 Å². The third-order valence-corrected chi connectivity index (χ3v) is 5.06. The molecule has 2 aromatic carbocycles. The van der Waals surface area contributed by atoms with Crippen LogP contribution in [0.5, 0.6) is 0 Å². The van der Waals surface area contributed by atoms with Crippen LogP contribution in [-0.4, -0.2) is 17.3 Å². The van der Waals surface area contributed by atoms with Gasteiger partial charge in [-0.05, 0) is 30.7 Å². The van der Waals surface area contributed by atoms with E-state index in [2.05, 4.69) is 73.1 Å². The first-order valence-corrected chi connectivity index (χ1v) is 8.45. The van der Waals surface area contributed by atoms with E-state index in [-0.39, 0.29) is 30.0 Å². The number of ether oxygens (including phenoxy) is 1. The zero-order valence-electron chi connectivity index (χ0n) is 14.7. The molecule has 2 heterocycles. The highest BCUT2D eigenvalue weighted by Crippen LogP contribution is 2.39. The van der Waals surface area contributed by atoms with E-state index in [1.54, 1.807) is 0 Å².